The van der Waals surface area contributed by atoms with Crippen LogP contribution in [0.4, 0.5) is 0 Å². The Kier molecular flexibility index (Phi) is 4.08. The molecule has 0 radical (unpaired) electrons. The molecule has 0 saturated heterocycles. The Hall–Kier alpha value is -2.22. The number of carbonyl (C=O) groups excluding carboxylic acids is 1. The van der Waals surface area contributed by atoms with E-state index in [1.54, 1.807) is 0 Å². The number of nitrogens with zero attached hydrogens (tertiary/aromatic N) is 2. The van der Waals surface area contributed by atoms with Crippen LogP contribution in [0.2, 0.25) is 0 Å². The lowest BCUT2D eigenvalue weighted by Gasteiger charge is -2.12. The second kappa shape index (κ2) is 5.65. The van der Waals surface area contributed by atoms with Gasteiger partial charge in [0.1, 0.15) is 10.0 Å². The molecule has 0 aliphatic rings. The standard InChI is InChI=1S/C13H15N3O4S/c1-13(2,3)12-16-15-9(21-12)6-14-10(17)7-4-5-8(20-7)11(18)19/h4-5H,6H2,1-3H3,(H,14,17)(H,18,19). The molecular weight excluding hydrogens is 294 g/mol. The molecule has 0 atom stereocenters. The minimum atomic E-state index is -1.21. The maximum atomic E-state index is 11.8. The smallest absolute Gasteiger partial charge is 0.371 e. The molecule has 0 aromatic carbocycles. The summed E-state index contributed by atoms with van der Waals surface area (Å²) >= 11 is 1.43. The zero-order valence-electron chi connectivity index (χ0n) is 11.8. The van der Waals surface area contributed by atoms with Crippen LogP contribution in [0.15, 0.2) is 16.5 Å². The summed E-state index contributed by atoms with van der Waals surface area (Å²) in [4.78, 5) is 22.5. The van der Waals surface area contributed by atoms with Crippen LogP contribution in [-0.4, -0.2) is 27.2 Å². The van der Waals surface area contributed by atoms with Gasteiger partial charge in [-0.05, 0) is 12.1 Å². The fourth-order valence-corrected chi connectivity index (χ4v) is 2.28. The molecule has 0 spiro atoms. The van der Waals surface area contributed by atoms with Crippen molar-refractivity contribution >= 4 is 23.2 Å². The van der Waals surface area contributed by atoms with Crippen molar-refractivity contribution in [2.24, 2.45) is 0 Å². The van der Waals surface area contributed by atoms with Crippen LogP contribution in [0.1, 0.15) is 51.9 Å². The summed E-state index contributed by atoms with van der Waals surface area (Å²) < 4.78 is 4.91. The van der Waals surface area contributed by atoms with Crippen LogP contribution in [-0.2, 0) is 12.0 Å². The summed E-state index contributed by atoms with van der Waals surface area (Å²) in [7, 11) is 0. The average molecular weight is 309 g/mol. The number of aromatic nitrogens is 2. The molecule has 1 amide bonds. The Morgan fingerprint density at radius 1 is 1.29 bits per heavy atom. The van der Waals surface area contributed by atoms with Crippen molar-refractivity contribution in [3.63, 3.8) is 0 Å². The number of amides is 1. The van der Waals surface area contributed by atoms with E-state index in [-0.39, 0.29) is 23.5 Å². The molecule has 0 aliphatic heterocycles. The van der Waals surface area contributed by atoms with E-state index < -0.39 is 11.9 Å². The monoisotopic (exact) mass is 309 g/mol. The number of rotatable bonds is 4. The molecule has 8 heteroatoms. The van der Waals surface area contributed by atoms with Crippen LogP contribution in [0.25, 0.3) is 0 Å². The normalized spacial score (nSPS) is 11.4. The topological polar surface area (TPSA) is 105 Å². The van der Waals surface area contributed by atoms with Gasteiger partial charge in [0.2, 0.25) is 5.76 Å². The summed E-state index contributed by atoms with van der Waals surface area (Å²) in [5, 5.41) is 21.0. The predicted octanol–water partition coefficient (Wildman–Crippen LogP) is 2.06. The highest BCUT2D eigenvalue weighted by Crippen LogP contribution is 2.25. The molecule has 0 saturated carbocycles. The Bertz CT molecular complexity index is 669. The van der Waals surface area contributed by atoms with Crippen LogP contribution < -0.4 is 5.32 Å². The molecule has 0 unspecified atom stereocenters. The van der Waals surface area contributed by atoms with Crippen molar-refractivity contribution < 1.29 is 19.1 Å². The van der Waals surface area contributed by atoms with Crippen molar-refractivity contribution in [2.75, 3.05) is 0 Å². The molecular formula is C13H15N3O4S. The van der Waals surface area contributed by atoms with Gasteiger partial charge in [-0.3, -0.25) is 4.79 Å². The first-order valence-corrected chi connectivity index (χ1v) is 7.03. The molecule has 112 valence electrons. The van der Waals surface area contributed by atoms with Gasteiger partial charge in [0.05, 0.1) is 6.54 Å². The SMILES string of the molecule is CC(C)(C)c1nnc(CNC(=O)c2ccc(C(=O)O)o2)s1. The summed E-state index contributed by atoms with van der Waals surface area (Å²) in [6.45, 7) is 6.32. The molecule has 2 N–H and O–H groups in total. The Balaban J connectivity index is 1.97. The third kappa shape index (κ3) is 3.66. The van der Waals surface area contributed by atoms with E-state index >= 15 is 0 Å². The average Bonchev–Trinajstić information content (AvgIpc) is 3.04. The van der Waals surface area contributed by atoms with Gasteiger partial charge < -0.3 is 14.8 Å². The minimum Gasteiger partial charge on any atom is -0.475 e. The van der Waals surface area contributed by atoms with E-state index in [0.29, 0.717) is 5.01 Å². The first-order valence-electron chi connectivity index (χ1n) is 6.21. The van der Waals surface area contributed by atoms with Gasteiger partial charge in [0, 0.05) is 5.41 Å². The molecule has 7 nitrogen and oxygen atoms in total. The van der Waals surface area contributed by atoms with E-state index in [1.165, 1.54) is 23.5 Å². The van der Waals surface area contributed by atoms with Crippen LogP contribution >= 0.6 is 11.3 Å². The highest BCUT2D eigenvalue weighted by atomic mass is 32.1. The number of carbonyl (C=O) groups is 2. The second-order valence-corrected chi connectivity index (χ2v) is 6.46. The van der Waals surface area contributed by atoms with Crippen molar-refractivity contribution in [3.8, 4) is 0 Å². The first kappa shape index (κ1) is 15.2. The van der Waals surface area contributed by atoms with Crippen LogP contribution in [0.3, 0.4) is 0 Å². The Morgan fingerprint density at radius 3 is 2.48 bits per heavy atom. The number of carboxylic acids is 1. The van der Waals surface area contributed by atoms with Gasteiger partial charge >= 0.3 is 5.97 Å². The number of aromatic carboxylic acids is 1. The maximum Gasteiger partial charge on any atom is 0.371 e. The molecule has 0 fully saturated rings. The molecule has 2 rings (SSSR count). The molecule has 0 aliphatic carbocycles. The van der Waals surface area contributed by atoms with Crippen molar-refractivity contribution in [1.82, 2.24) is 15.5 Å². The molecule has 2 aromatic rings. The molecule has 2 aromatic heterocycles. The summed E-state index contributed by atoms with van der Waals surface area (Å²) in [6.07, 6.45) is 0. The van der Waals surface area contributed by atoms with Crippen molar-refractivity contribution in [2.45, 2.75) is 32.7 Å². The van der Waals surface area contributed by atoms with E-state index in [4.69, 9.17) is 9.52 Å². The number of furan rings is 1. The van der Waals surface area contributed by atoms with Crippen LogP contribution in [0, 0.1) is 0 Å². The Morgan fingerprint density at radius 2 is 1.95 bits per heavy atom. The fourth-order valence-electron chi connectivity index (χ4n) is 1.45. The zero-order chi connectivity index (χ0) is 15.6. The lowest BCUT2D eigenvalue weighted by atomic mass is 9.98. The third-order valence-electron chi connectivity index (χ3n) is 2.55. The molecule has 21 heavy (non-hydrogen) atoms. The largest absolute Gasteiger partial charge is 0.475 e. The predicted molar refractivity (Wildman–Crippen MR) is 75.4 cm³/mol. The quantitative estimate of drug-likeness (QED) is 0.895. The lowest BCUT2D eigenvalue weighted by molar-refractivity contribution is 0.0659. The number of hydrogen-bond donors (Lipinski definition) is 2. The van der Waals surface area contributed by atoms with Gasteiger partial charge in [-0.1, -0.05) is 32.1 Å². The van der Waals surface area contributed by atoms with Crippen molar-refractivity contribution in [3.05, 3.63) is 33.7 Å². The van der Waals surface area contributed by atoms with Gasteiger partial charge in [0.25, 0.3) is 5.91 Å². The van der Waals surface area contributed by atoms with E-state index in [9.17, 15) is 9.59 Å². The highest BCUT2D eigenvalue weighted by Gasteiger charge is 2.20. The number of nitrogens with one attached hydrogen (secondary N) is 1. The first-order chi connectivity index (χ1) is 9.77. The van der Waals surface area contributed by atoms with E-state index in [1.807, 2.05) is 20.8 Å². The third-order valence-corrected chi connectivity index (χ3v) is 3.90. The lowest BCUT2D eigenvalue weighted by Crippen LogP contribution is -2.22. The van der Waals surface area contributed by atoms with E-state index in [0.717, 1.165) is 5.01 Å². The summed E-state index contributed by atoms with van der Waals surface area (Å²) in [6, 6.07) is 2.55. The summed E-state index contributed by atoms with van der Waals surface area (Å²) in [5.41, 5.74) is -0.0860. The highest BCUT2D eigenvalue weighted by molar-refractivity contribution is 7.11. The van der Waals surface area contributed by atoms with Gasteiger partial charge in [0.15, 0.2) is 5.76 Å². The molecule has 0 bridgehead atoms. The van der Waals surface area contributed by atoms with Gasteiger partial charge in [-0.15, -0.1) is 10.2 Å². The molecule has 2 heterocycles. The Labute approximate surface area is 125 Å². The van der Waals surface area contributed by atoms with Gasteiger partial charge in [-0.2, -0.15) is 0 Å². The van der Waals surface area contributed by atoms with Crippen LogP contribution in [0.5, 0.6) is 0 Å². The summed E-state index contributed by atoms with van der Waals surface area (Å²) in [5.74, 6) is -2.03. The minimum absolute atomic E-state index is 0.0482. The maximum absolute atomic E-state index is 11.8. The number of carboxylic acid groups (broad SMARTS) is 1. The second-order valence-electron chi connectivity index (χ2n) is 5.40. The van der Waals surface area contributed by atoms with Gasteiger partial charge in [-0.25, -0.2) is 4.79 Å². The number of hydrogen-bond acceptors (Lipinski definition) is 6. The van der Waals surface area contributed by atoms with Crippen molar-refractivity contribution in [1.29, 1.82) is 0 Å². The fraction of sp³-hybridized carbons (Fsp3) is 0.385. The zero-order valence-corrected chi connectivity index (χ0v) is 12.7. The van der Waals surface area contributed by atoms with E-state index in [2.05, 4.69) is 15.5 Å².